The maximum atomic E-state index is 12.3. The third kappa shape index (κ3) is 4.50. The van der Waals surface area contributed by atoms with Crippen LogP contribution in [-0.2, 0) is 11.3 Å². The molecular formula is C19H14N4O5S. The van der Waals surface area contributed by atoms with Gasteiger partial charge in [0.1, 0.15) is 0 Å². The second-order valence-electron chi connectivity index (χ2n) is 5.83. The minimum atomic E-state index is -0.560. The Morgan fingerprint density at radius 1 is 1.14 bits per heavy atom. The summed E-state index contributed by atoms with van der Waals surface area (Å²) in [6, 6.07) is 10.3. The van der Waals surface area contributed by atoms with Crippen LogP contribution in [0.1, 0.15) is 5.56 Å². The number of nitro benzene ring substituents is 2. The number of allylic oxidation sites excluding steroid dienone is 1. The normalized spacial score (nSPS) is 11.8. The van der Waals surface area contributed by atoms with Gasteiger partial charge in [-0.05, 0) is 17.7 Å². The Bertz CT molecular complexity index is 1240. The Morgan fingerprint density at radius 3 is 2.55 bits per heavy atom. The monoisotopic (exact) mass is 410 g/mol. The van der Waals surface area contributed by atoms with Gasteiger partial charge in [-0.3, -0.25) is 25.0 Å². The molecule has 1 amide bonds. The first-order chi connectivity index (χ1) is 13.9. The molecule has 9 nitrogen and oxygen atoms in total. The molecule has 0 fully saturated rings. The van der Waals surface area contributed by atoms with Crippen molar-refractivity contribution in [3.05, 3.63) is 91.8 Å². The third-order valence-corrected chi connectivity index (χ3v) is 4.94. The van der Waals surface area contributed by atoms with Crippen LogP contribution in [-0.4, -0.2) is 20.3 Å². The lowest BCUT2D eigenvalue weighted by atomic mass is 10.2. The van der Waals surface area contributed by atoms with E-state index in [1.165, 1.54) is 42.5 Å². The molecule has 3 rings (SSSR count). The lowest BCUT2D eigenvalue weighted by molar-refractivity contribution is -0.385. The summed E-state index contributed by atoms with van der Waals surface area (Å²) in [5.74, 6) is -0.560. The number of nitrogens with zero attached hydrogens (tertiary/aromatic N) is 4. The molecule has 1 heterocycles. The second-order valence-corrected chi connectivity index (χ2v) is 6.84. The number of aromatic nitrogens is 1. The number of thiazole rings is 1. The van der Waals surface area contributed by atoms with Crippen LogP contribution in [0.4, 0.5) is 11.4 Å². The molecule has 0 bridgehead atoms. The van der Waals surface area contributed by atoms with Crippen LogP contribution in [0, 0.1) is 20.2 Å². The van der Waals surface area contributed by atoms with Gasteiger partial charge in [0.05, 0.1) is 20.1 Å². The van der Waals surface area contributed by atoms with Gasteiger partial charge >= 0.3 is 0 Å². The molecule has 0 N–H and O–H groups in total. The van der Waals surface area contributed by atoms with Crippen molar-refractivity contribution in [2.75, 3.05) is 0 Å². The summed E-state index contributed by atoms with van der Waals surface area (Å²) >= 11 is 1.15. The first-order valence-corrected chi connectivity index (χ1v) is 9.10. The van der Waals surface area contributed by atoms with Crippen molar-refractivity contribution in [1.29, 1.82) is 0 Å². The van der Waals surface area contributed by atoms with Gasteiger partial charge in [-0.1, -0.05) is 29.5 Å². The minimum absolute atomic E-state index is 0.0482. The standard InChI is InChI=1S/C19H14N4O5S/c1-2-10-21-16-8-7-15(23(27)28)12-17(16)29-19(21)20-18(24)9-6-13-4-3-5-14(11-13)22(25)26/h2-9,11-12H,1,10H2/b9-6+,20-19?. The molecule has 10 heteroatoms. The van der Waals surface area contributed by atoms with Gasteiger partial charge in [0, 0.05) is 36.9 Å². The summed E-state index contributed by atoms with van der Waals surface area (Å²) in [5, 5.41) is 21.8. The summed E-state index contributed by atoms with van der Waals surface area (Å²) in [6.45, 7) is 4.06. The van der Waals surface area contributed by atoms with E-state index in [1.807, 2.05) is 0 Å². The maximum absolute atomic E-state index is 12.3. The van der Waals surface area contributed by atoms with Gasteiger partial charge in [0.15, 0.2) is 4.80 Å². The number of hydrogen-bond donors (Lipinski definition) is 0. The zero-order chi connectivity index (χ0) is 21.0. The zero-order valence-electron chi connectivity index (χ0n) is 14.9. The van der Waals surface area contributed by atoms with E-state index in [0.29, 0.717) is 27.1 Å². The molecule has 0 saturated carbocycles. The molecule has 3 aromatic rings. The van der Waals surface area contributed by atoms with Crippen LogP contribution in [0.15, 0.2) is 66.2 Å². The molecule has 29 heavy (non-hydrogen) atoms. The van der Waals surface area contributed by atoms with E-state index in [-0.39, 0.29) is 11.4 Å². The van der Waals surface area contributed by atoms with E-state index < -0.39 is 15.8 Å². The number of hydrogen-bond acceptors (Lipinski definition) is 6. The number of non-ortho nitro benzene ring substituents is 2. The first-order valence-electron chi connectivity index (χ1n) is 8.29. The fraction of sp³-hybridized carbons (Fsp3) is 0.0526. The fourth-order valence-corrected chi connectivity index (χ4v) is 3.69. The van der Waals surface area contributed by atoms with Crippen LogP contribution in [0.25, 0.3) is 16.3 Å². The van der Waals surface area contributed by atoms with Crippen molar-refractivity contribution in [2.24, 2.45) is 4.99 Å². The highest BCUT2D eigenvalue weighted by molar-refractivity contribution is 7.16. The molecular weight excluding hydrogens is 396 g/mol. The lowest BCUT2D eigenvalue weighted by Crippen LogP contribution is -2.15. The topological polar surface area (TPSA) is 121 Å². The quantitative estimate of drug-likeness (QED) is 0.264. The molecule has 2 aromatic carbocycles. The average Bonchev–Trinajstić information content (AvgIpc) is 3.03. The van der Waals surface area contributed by atoms with Gasteiger partial charge < -0.3 is 4.57 Å². The lowest BCUT2D eigenvalue weighted by Gasteiger charge is -2.00. The second kappa shape index (κ2) is 8.40. The molecule has 0 aliphatic rings. The van der Waals surface area contributed by atoms with Crippen molar-refractivity contribution in [1.82, 2.24) is 4.57 Å². The number of rotatable bonds is 6. The Morgan fingerprint density at radius 2 is 1.86 bits per heavy atom. The van der Waals surface area contributed by atoms with Gasteiger partial charge in [-0.25, -0.2) is 0 Å². The largest absolute Gasteiger partial charge is 0.312 e. The maximum Gasteiger partial charge on any atom is 0.272 e. The van der Waals surface area contributed by atoms with E-state index in [2.05, 4.69) is 11.6 Å². The highest BCUT2D eigenvalue weighted by atomic mass is 32.1. The number of carbonyl (C=O) groups excluding carboxylic acids is 1. The smallest absolute Gasteiger partial charge is 0.272 e. The summed E-state index contributed by atoms with van der Waals surface area (Å²) in [5.41, 5.74) is 1.07. The Balaban J connectivity index is 1.97. The molecule has 0 aliphatic carbocycles. The van der Waals surface area contributed by atoms with Crippen molar-refractivity contribution < 1.29 is 14.6 Å². The molecule has 0 spiro atoms. The third-order valence-electron chi connectivity index (χ3n) is 3.89. The molecule has 0 radical (unpaired) electrons. The summed E-state index contributed by atoms with van der Waals surface area (Å²) in [4.78, 5) is 37.5. The highest BCUT2D eigenvalue weighted by Crippen LogP contribution is 2.23. The predicted octanol–water partition coefficient (Wildman–Crippen LogP) is 3.85. The van der Waals surface area contributed by atoms with Crippen molar-refractivity contribution in [2.45, 2.75) is 6.54 Å². The average molecular weight is 410 g/mol. The van der Waals surface area contributed by atoms with Crippen molar-refractivity contribution in [3.8, 4) is 0 Å². The van der Waals surface area contributed by atoms with Crippen LogP contribution >= 0.6 is 11.3 Å². The Labute approximate surface area is 167 Å². The number of fused-ring (bicyclic) bond motifs is 1. The summed E-state index contributed by atoms with van der Waals surface area (Å²) in [6.07, 6.45) is 4.29. The molecule has 0 atom stereocenters. The minimum Gasteiger partial charge on any atom is -0.312 e. The van der Waals surface area contributed by atoms with Crippen LogP contribution in [0.3, 0.4) is 0 Å². The Kier molecular flexibility index (Phi) is 5.74. The summed E-state index contributed by atoms with van der Waals surface area (Å²) < 4.78 is 2.35. The number of benzene rings is 2. The number of amides is 1. The van der Waals surface area contributed by atoms with Gasteiger partial charge in [0.25, 0.3) is 17.3 Å². The molecule has 0 aliphatic heterocycles. The predicted molar refractivity (Wildman–Crippen MR) is 109 cm³/mol. The van der Waals surface area contributed by atoms with Gasteiger partial charge in [-0.15, -0.1) is 6.58 Å². The van der Waals surface area contributed by atoms with Gasteiger partial charge in [0.2, 0.25) is 0 Å². The highest BCUT2D eigenvalue weighted by Gasteiger charge is 2.12. The van der Waals surface area contributed by atoms with E-state index in [9.17, 15) is 25.0 Å². The van der Waals surface area contributed by atoms with E-state index in [1.54, 1.807) is 22.8 Å². The van der Waals surface area contributed by atoms with Crippen LogP contribution in [0.5, 0.6) is 0 Å². The Hall–Kier alpha value is -3.92. The van der Waals surface area contributed by atoms with E-state index in [0.717, 1.165) is 11.3 Å². The molecule has 146 valence electrons. The fourth-order valence-electron chi connectivity index (χ4n) is 2.61. The summed E-state index contributed by atoms with van der Waals surface area (Å²) in [7, 11) is 0. The SMILES string of the molecule is C=CCn1c(=NC(=O)/C=C/c2cccc([N+](=O)[O-])c2)sc2cc([N+](=O)[O-])ccc21. The van der Waals surface area contributed by atoms with Gasteiger partial charge in [-0.2, -0.15) is 4.99 Å². The number of nitro groups is 2. The van der Waals surface area contributed by atoms with Crippen LogP contribution < -0.4 is 4.80 Å². The zero-order valence-corrected chi connectivity index (χ0v) is 15.7. The van der Waals surface area contributed by atoms with E-state index in [4.69, 9.17) is 0 Å². The molecule has 0 saturated heterocycles. The number of carbonyl (C=O) groups is 1. The first kappa shape index (κ1) is 19.8. The van der Waals surface area contributed by atoms with Crippen molar-refractivity contribution >= 4 is 44.9 Å². The molecule has 0 unspecified atom stereocenters. The van der Waals surface area contributed by atoms with E-state index >= 15 is 0 Å². The van der Waals surface area contributed by atoms with Crippen LogP contribution in [0.2, 0.25) is 0 Å². The molecule has 1 aromatic heterocycles. The van der Waals surface area contributed by atoms with Crippen molar-refractivity contribution in [3.63, 3.8) is 0 Å².